The summed E-state index contributed by atoms with van der Waals surface area (Å²) in [6, 6.07) is 11.4. The maximum Gasteiger partial charge on any atom is 0.418 e. The molecule has 2 aromatic carbocycles. The molecule has 0 atom stereocenters. The van der Waals surface area contributed by atoms with Gasteiger partial charge in [-0.25, -0.2) is 4.79 Å². The van der Waals surface area contributed by atoms with Gasteiger partial charge in [-0.1, -0.05) is 35.9 Å². The predicted molar refractivity (Wildman–Crippen MR) is 116 cm³/mol. The van der Waals surface area contributed by atoms with E-state index in [0.29, 0.717) is 12.2 Å². The lowest BCUT2D eigenvalue weighted by Gasteiger charge is -2.15. The van der Waals surface area contributed by atoms with Crippen LogP contribution in [0.5, 0.6) is 0 Å². The molecule has 0 saturated carbocycles. The number of hydrogen-bond acceptors (Lipinski definition) is 4. The number of halogens is 3. The number of anilines is 2. The standard InChI is InChI=1S/C24H25F3N2O3/c25-24(26,27)19-11-5-7-13-21(19)29-22(30)16-32-23(31)18-10-4-6-12-20(18)28-15-14-17-8-2-1-3-9-17/h4-8,10-13,28H,1-3,9,14-16H2,(H,29,30). The highest BCUT2D eigenvalue weighted by molar-refractivity contribution is 5.98. The summed E-state index contributed by atoms with van der Waals surface area (Å²) >= 11 is 0. The third-order valence-corrected chi connectivity index (χ3v) is 5.13. The van der Waals surface area contributed by atoms with Crippen LogP contribution in [0.1, 0.15) is 48.0 Å². The Bertz CT molecular complexity index is 986. The predicted octanol–water partition coefficient (Wildman–Crippen LogP) is 5.80. The number of esters is 1. The highest BCUT2D eigenvalue weighted by Gasteiger charge is 2.33. The zero-order valence-corrected chi connectivity index (χ0v) is 17.5. The SMILES string of the molecule is O=C(COC(=O)c1ccccc1NCCC1=CCCCC1)Nc1ccccc1C(F)(F)F. The number of allylic oxidation sites excluding steroid dienone is 1. The first-order valence-electron chi connectivity index (χ1n) is 10.5. The molecule has 0 saturated heterocycles. The summed E-state index contributed by atoms with van der Waals surface area (Å²) in [5, 5.41) is 5.38. The van der Waals surface area contributed by atoms with Crippen LogP contribution in [-0.4, -0.2) is 25.0 Å². The lowest BCUT2D eigenvalue weighted by Crippen LogP contribution is -2.23. The van der Waals surface area contributed by atoms with Crippen molar-refractivity contribution >= 4 is 23.3 Å². The molecule has 2 N–H and O–H groups in total. The fourth-order valence-electron chi connectivity index (χ4n) is 3.54. The summed E-state index contributed by atoms with van der Waals surface area (Å²) in [7, 11) is 0. The monoisotopic (exact) mass is 446 g/mol. The van der Waals surface area contributed by atoms with Crippen molar-refractivity contribution in [1.82, 2.24) is 0 Å². The smallest absolute Gasteiger partial charge is 0.418 e. The number of amides is 1. The molecule has 0 unspecified atom stereocenters. The van der Waals surface area contributed by atoms with Crippen molar-refractivity contribution in [3.05, 3.63) is 71.3 Å². The van der Waals surface area contributed by atoms with E-state index in [0.717, 1.165) is 31.4 Å². The van der Waals surface area contributed by atoms with Crippen LogP contribution < -0.4 is 10.6 Å². The van der Waals surface area contributed by atoms with E-state index in [9.17, 15) is 22.8 Å². The van der Waals surface area contributed by atoms with Crippen LogP contribution in [0.3, 0.4) is 0 Å². The Kier molecular flexibility index (Phi) is 7.92. The minimum atomic E-state index is -4.61. The number of ether oxygens (including phenoxy) is 1. The maximum absolute atomic E-state index is 13.1. The Labute approximate surface area is 184 Å². The molecule has 1 amide bonds. The lowest BCUT2D eigenvalue weighted by atomic mass is 9.97. The maximum atomic E-state index is 13.1. The van der Waals surface area contributed by atoms with Gasteiger partial charge >= 0.3 is 12.1 Å². The Morgan fingerprint density at radius 2 is 1.69 bits per heavy atom. The molecule has 8 heteroatoms. The summed E-state index contributed by atoms with van der Waals surface area (Å²) in [6.07, 6.45) is 3.15. The van der Waals surface area contributed by atoms with Crippen molar-refractivity contribution < 1.29 is 27.5 Å². The largest absolute Gasteiger partial charge is 0.452 e. The Hall–Kier alpha value is -3.29. The fourth-order valence-corrected chi connectivity index (χ4v) is 3.54. The van der Waals surface area contributed by atoms with Crippen molar-refractivity contribution in [3.63, 3.8) is 0 Å². The first-order chi connectivity index (χ1) is 15.3. The van der Waals surface area contributed by atoms with Crippen LogP contribution in [0.15, 0.2) is 60.2 Å². The van der Waals surface area contributed by atoms with Gasteiger partial charge in [-0.05, 0) is 56.4 Å². The minimum absolute atomic E-state index is 0.258. The van der Waals surface area contributed by atoms with Gasteiger partial charge in [0.1, 0.15) is 0 Å². The topological polar surface area (TPSA) is 67.4 Å². The van der Waals surface area contributed by atoms with Crippen LogP contribution in [0, 0.1) is 0 Å². The number of hydrogen-bond donors (Lipinski definition) is 2. The zero-order chi connectivity index (χ0) is 23.0. The van der Waals surface area contributed by atoms with Crippen LogP contribution in [0.4, 0.5) is 24.5 Å². The number of para-hydroxylation sites is 2. The molecule has 32 heavy (non-hydrogen) atoms. The summed E-state index contributed by atoms with van der Waals surface area (Å²) in [6.45, 7) is -0.0446. The molecule has 2 aromatic rings. The molecule has 0 radical (unpaired) electrons. The summed E-state index contributed by atoms with van der Waals surface area (Å²) < 4.78 is 44.2. The average molecular weight is 446 g/mol. The van der Waals surface area contributed by atoms with Crippen LogP contribution >= 0.6 is 0 Å². The second kappa shape index (κ2) is 10.8. The fraction of sp³-hybridized carbons (Fsp3) is 0.333. The number of benzene rings is 2. The second-order valence-electron chi connectivity index (χ2n) is 7.50. The van der Waals surface area contributed by atoms with Crippen molar-refractivity contribution in [2.24, 2.45) is 0 Å². The zero-order valence-electron chi connectivity index (χ0n) is 17.5. The molecular weight excluding hydrogens is 421 g/mol. The van der Waals surface area contributed by atoms with Gasteiger partial charge in [-0.3, -0.25) is 4.79 Å². The number of carbonyl (C=O) groups is 2. The summed E-state index contributed by atoms with van der Waals surface area (Å²) in [5.74, 6) is -1.59. The van der Waals surface area contributed by atoms with Crippen molar-refractivity contribution in [2.45, 2.75) is 38.3 Å². The molecular formula is C24H25F3N2O3. The minimum Gasteiger partial charge on any atom is -0.452 e. The summed E-state index contributed by atoms with van der Waals surface area (Å²) in [4.78, 5) is 24.6. The highest BCUT2D eigenvalue weighted by Crippen LogP contribution is 2.34. The Balaban J connectivity index is 1.55. The van der Waals surface area contributed by atoms with Crippen molar-refractivity contribution in [1.29, 1.82) is 0 Å². The summed E-state index contributed by atoms with van der Waals surface area (Å²) in [5.41, 5.74) is 0.882. The van der Waals surface area contributed by atoms with Gasteiger partial charge in [0, 0.05) is 12.2 Å². The van der Waals surface area contributed by atoms with Crippen molar-refractivity contribution in [3.8, 4) is 0 Å². The molecule has 5 nitrogen and oxygen atoms in total. The second-order valence-corrected chi connectivity index (χ2v) is 7.50. The number of nitrogens with one attached hydrogen (secondary N) is 2. The van der Waals surface area contributed by atoms with Gasteiger partial charge in [0.05, 0.1) is 16.8 Å². The number of carbonyl (C=O) groups excluding carboxylic acids is 2. The molecule has 0 spiro atoms. The average Bonchev–Trinajstić information content (AvgIpc) is 2.78. The molecule has 0 aliphatic heterocycles. The van der Waals surface area contributed by atoms with E-state index in [1.807, 2.05) is 0 Å². The molecule has 1 aliphatic rings. The van der Waals surface area contributed by atoms with Gasteiger partial charge in [0.15, 0.2) is 6.61 Å². The first kappa shape index (κ1) is 23.4. The molecule has 3 rings (SSSR count). The third kappa shape index (κ3) is 6.60. The van der Waals surface area contributed by atoms with Gasteiger partial charge in [-0.2, -0.15) is 13.2 Å². The number of alkyl halides is 3. The van der Waals surface area contributed by atoms with E-state index in [-0.39, 0.29) is 11.3 Å². The van der Waals surface area contributed by atoms with Crippen LogP contribution in [0.25, 0.3) is 0 Å². The molecule has 0 heterocycles. The Morgan fingerprint density at radius 3 is 2.41 bits per heavy atom. The van der Waals surface area contributed by atoms with E-state index in [1.54, 1.807) is 24.3 Å². The number of rotatable bonds is 8. The van der Waals surface area contributed by atoms with Crippen LogP contribution in [-0.2, 0) is 15.7 Å². The molecule has 0 bridgehead atoms. The van der Waals surface area contributed by atoms with Crippen molar-refractivity contribution in [2.75, 3.05) is 23.8 Å². The molecule has 1 aliphatic carbocycles. The Morgan fingerprint density at radius 1 is 0.969 bits per heavy atom. The highest BCUT2D eigenvalue weighted by atomic mass is 19.4. The van der Waals surface area contributed by atoms with Gasteiger partial charge in [0.2, 0.25) is 0 Å². The molecule has 0 fully saturated rings. The van der Waals surface area contributed by atoms with Crippen LogP contribution in [0.2, 0.25) is 0 Å². The van der Waals surface area contributed by atoms with Gasteiger partial charge < -0.3 is 15.4 Å². The quantitative estimate of drug-likeness (QED) is 0.397. The first-order valence-corrected chi connectivity index (χ1v) is 10.5. The normalized spacial score (nSPS) is 13.8. The van der Waals surface area contributed by atoms with E-state index in [1.165, 1.54) is 30.5 Å². The van der Waals surface area contributed by atoms with E-state index in [4.69, 9.17) is 4.74 Å². The van der Waals surface area contributed by atoms with E-state index >= 15 is 0 Å². The molecule has 0 aromatic heterocycles. The lowest BCUT2D eigenvalue weighted by molar-refractivity contribution is -0.137. The van der Waals surface area contributed by atoms with E-state index < -0.39 is 30.2 Å². The van der Waals surface area contributed by atoms with Gasteiger partial charge in [-0.15, -0.1) is 0 Å². The third-order valence-electron chi connectivity index (χ3n) is 5.13. The van der Waals surface area contributed by atoms with E-state index in [2.05, 4.69) is 16.7 Å². The van der Waals surface area contributed by atoms with Gasteiger partial charge in [0.25, 0.3) is 5.91 Å². The molecule has 170 valence electrons.